The largest absolute Gasteiger partial charge is 0.493 e. The maximum atomic E-state index is 13.0. The van der Waals surface area contributed by atoms with Gasteiger partial charge in [-0.1, -0.05) is 12.1 Å². The van der Waals surface area contributed by atoms with Gasteiger partial charge in [0.25, 0.3) is 0 Å². The van der Waals surface area contributed by atoms with Gasteiger partial charge in [0.2, 0.25) is 11.8 Å². The Hall–Kier alpha value is -4.34. The number of rotatable bonds is 6. The van der Waals surface area contributed by atoms with Gasteiger partial charge in [0.15, 0.2) is 11.5 Å². The van der Waals surface area contributed by atoms with Crippen LogP contribution in [0.4, 0.5) is 11.5 Å². The van der Waals surface area contributed by atoms with Crippen molar-refractivity contribution >= 4 is 29.3 Å². The van der Waals surface area contributed by atoms with E-state index in [0.29, 0.717) is 28.6 Å². The Balaban J connectivity index is 1.66. The van der Waals surface area contributed by atoms with E-state index in [0.717, 1.165) is 5.56 Å². The molecule has 1 aliphatic rings. The average Bonchev–Trinajstić information content (AvgIpc) is 3.21. The van der Waals surface area contributed by atoms with Crippen LogP contribution in [0.2, 0.25) is 0 Å². The van der Waals surface area contributed by atoms with Crippen LogP contribution >= 0.6 is 0 Å². The summed E-state index contributed by atoms with van der Waals surface area (Å²) in [6.45, 7) is 0. The fourth-order valence-corrected chi connectivity index (χ4v) is 3.54. The number of benzene rings is 2. The number of amides is 2. The highest BCUT2D eigenvalue weighted by Crippen LogP contribution is 2.38. The number of hydrogen-bond donors (Lipinski definition) is 3. The summed E-state index contributed by atoms with van der Waals surface area (Å²) in [6, 6.07) is 10.3. The van der Waals surface area contributed by atoms with Crippen LogP contribution in [-0.4, -0.2) is 46.9 Å². The van der Waals surface area contributed by atoms with Gasteiger partial charge in [0, 0.05) is 11.3 Å². The molecular weight excluding hydrogens is 416 g/mol. The smallest absolute Gasteiger partial charge is 0.335 e. The first-order valence-corrected chi connectivity index (χ1v) is 9.65. The molecule has 3 aromatic rings. The third-order valence-electron chi connectivity index (χ3n) is 5.10. The molecule has 0 aliphatic carbocycles. The normalized spacial score (nSPS) is 14.8. The molecule has 1 aliphatic heterocycles. The van der Waals surface area contributed by atoms with Crippen molar-refractivity contribution in [1.82, 2.24) is 9.78 Å². The molecule has 0 unspecified atom stereocenters. The van der Waals surface area contributed by atoms with Crippen molar-refractivity contribution in [3.8, 4) is 22.6 Å². The molecule has 1 aromatic heterocycles. The minimum atomic E-state index is -1.10. The number of carboxylic acid groups (broad SMARTS) is 1. The number of carbonyl (C=O) groups excluding carboxylic acids is 2. The summed E-state index contributed by atoms with van der Waals surface area (Å²) in [5.41, 5.74) is 1.69. The molecule has 0 saturated heterocycles. The summed E-state index contributed by atoms with van der Waals surface area (Å²) in [4.78, 5) is 36.5. The monoisotopic (exact) mass is 436 g/mol. The summed E-state index contributed by atoms with van der Waals surface area (Å²) in [5.74, 6) is -0.466. The van der Waals surface area contributed by atoms with Crippen LogP contribution in [0.15, 0.2) is 48.7 Å². The van der Waals surface area contributed by atoms with Gasteiger partial charge in [0.05, 0.1) is 32.4 Å². The number of nitrogens with one attached hydrogen (secondary N) is 2. The van der Waals surface area contributed by atoms with Crippen molar-refractivity contribution in [2.75, 3.05) is 24.9 Å². The lowest BCUT2D eigenvalue weighted by molar-refractivity contribution is -0.125. The number of aromatic carboxylic acids is 1. The molecule has 10 nitrogen and oxygen atoms in total. The summed E-state index contributed by atoms with van der Waals surface area (Å²) < 4.78 is 12.1. The number of anilines is 2. The quantitative estimate of drug-likeness (QED) is 0.541. The first-order valence-electron chi connectivity index (χ1n) is 9.65. The molecular formula is C22H20N4O6. The van der Waals surface area contributed by atoms with E-state index < -0.39 is 17.9 Å². The first-order chi connectivity index (χ1) is 15.4. The molecule has 2 heterocycles. The van der Waals surface area contributed by atoms with E-state index in [1.807, 2.05) is 0 Å². The molecule has 4 rings (SSSR count). The zero-order valence-corrected chi connectivity index (χ0v) is 17.3. The second-order valence-corrected chi connectivity index (χ2v) is 7.06. The Morgan fingerprint density at radius 3 is 2.66 bits per heavy atom. The maximum Gasteiger partial charge on any atom is 0.335 e. The van der Waals surface area contributed by atoms with Gasteiger partial charge >= 0.3 is 5.97 Å². The number of carbonyl (C=O) groups is 3. The predicted octanol–water partition coefficient (Wildman–Crippen LogP) is 2.79. The van der Waals surface area contributed by atoms with Gasteiger partial charge in [0.1, 0.15) is 11.9 Å². The molecule has 32 heavy (non-hydrogen) atoms. The lowest BCUT2D eigenvalue weighted by atomic mass is 10.1. The zero-order chi connectivity index (χ0) is 22.8. The second kappa shape index (κ2) is 8.42. The number of nitrogens with zero attached hydrogens (tertiary/aromatic N) is 2. The topological polar surface area (TPSA) is 132 Å². The van der Waals surface area contributed by atoms with Crippen molar-refractivity contribution in [2.24, 2.45) is 0 Å². The fourth-order valence-electron chi connectivity index (χ4n) is 3.54. The van der Waals surface area contributed by atoms with E-state index in [1.165, 1.54) is 37.1 Å². The molecule has 0 radical (unpaired) electrons. The van der Waals surface area contributed by atoms with E-state index in [-0.39, 0.29) is 17.9 Å². The van der Waals surface area contributed by atoms with E-state index in [1.54, 1.807) is 30.5 Å². The Morgan fingerprint density at radius 2 is 1.94 bits per heavy atom. The van der Waals surface area contributed by atoms with Crippen molar-refractivity contribution in [1.29, 1.82) is 0 Å². The van der Waals surface area contributed by atoms with Crippen molar-refractivity contribution in [3.05, 3.63) is 54.2 Å². The van der Waals surface area contributed by atoms with Crippen LogP contribution in [-0.2, 0) is 9.59 Å². The van der Waals surface area contributed by atoms with Gasteiger partial charge in [-0.15, -0.1) is 0 Å². The number of ether oxygens (including phenoxy) is 2. The molecule has 3 N–H and O–H groups in total. The van der Waals surface area contributed by atoms with Crippen LogP contribution in [0.3, 0.4) is 0 Å². The Kier molecular flexibility index (Phi) is 5.50. The third kappa shape index (κ3) is 3.85. The molecule has 0 fully saturated rings. The predicted molar refractivity (Wildman–Crippen MR) is 115 cm³/mol. The number of carboxylic acids is 1. The lowest BCUT2D eigenvalue weighted by Crippen LogP contribution is -2.35. The van der Waals surface area contributed by atoms with Gasteiger partial charge in [-0.3, -0.25) is 9.59 Å². The number of hydrogen-bond acceptors (Lipinski definition) is 6. The Morgan fingerprint density at radius 1 is 1.16 bits per heavy atom. The van der Waals surface area contributed by atoms with E-state index in [9.17, 15) is 14.4 Å². The molecule has 0 saturated carbocycles. The summed E-state index contributed by atoms with van der Waals surface area (Å²) >= 11 is 0. The molecule has 2 aromatic carbocycles. The second-order valence-electron chi connectivity index (χ2n) is 7.06. The van der Waals surface area contributed by atoms with Crippen LogP contribution in [0.1, 0.15) is 22.8 Å². The molecule has 164 valence electrons. The molecule has 1 atom stereocenters. The SMILES string of the molecule is COc1ccc(-c2cnn3c2NC(=O)C[C@@H]3C(=O)Nc2cccc(C(=O)O)c2)cc1OC. The fraction of sp³-hybridized carbons (Fsp3) is 0.182. The average molecular weight is 436 g/mol. The van der Waals surface area contributed by atoms with Gasteiger partial charge in [-0.05, 0) is 35.9 Å². The van der Waals surface area contributed by atoms with Crippen LogP contribution < -0.4 is 20.1 Å². The lowest BCUT2D eigenvalue weighted by Gasteiger charge is -2.24. The first kappa shape index (κ1) is 20.9. The highest BCUT2D eigenvalue weighted by molar-refractivity contribution is 6.03. The third-order valence-corrected chi connectivity index (χ3v) is 5.10. The number of methoxy groups -OCH3 is 2. The van der Waals surface area contributed by atoms with Gasteiger partial charge in [-0.25, -0.2) is 9.48 Å². The molecule has 10 heteroatoms. The number of aromatic nitrogens is 2. The maximum absolute atomic E-state index is 13.0. The van der Waals surface area contributed by atoms with Gasteiger partial charge in [-0.2, -0.15) is 5.10 Å². The summed E-state index contributed by atoms with van der Waals surface area (Å²) in [6.07, 6.45) is 1.46. The minimum Gasteiger partial charge on any atom is -0.493 e. The van der Waals surface area contributed by atoms with E-state index in [4.69, 9.17) is 14.6 Å². The highest BCUT2D eigenvalue weighted by Gasteiger charge is 2.33. The van der Waals surface area contributed by atoms with Crippen molar-refractivity contribution in [3.63, 3.8) is 0 Å². The Bertz CT molecular complexity index is 1220. The highest BCUT2D eigenvalue weighted by atomic mass is 16.5. The molecule has 0 bridgehead atoms. The zero-order valence-electron chi connectivity index (χ0n) is 17.3. The summed E-state index contributed by atoms with van der Waals surface area (Å²) in [5, 5.41) is 18.9. The summed E-state index contributed by atoms with van der Waals surface area (Å²) in [7, 11) is 3.06. The van der Waals surface area contributed by atoms with Crippen molar-refractivity contribution < 1.29 is 29.0 Å². The van der Waals surface area contributed by atoms with Crippen LogP contribution in [0.5, 0.6) is 11.5 Å². The van der Waals surface area contributed by atoms with Crippen molar-refractivity contribution in [2.45, 2.75) is 12.5 Å². The Labute approximate surface area is 182 Å². The minimum absolute atomic E-state index is 0.0414. The van der Waals surface area contributed by atoms with Crippen LogP contribution in [0.25, 0.3) is 11.1 Å². The standard InChI is InChI=1S/C22H20N4O6/c1-31-17-7-6-12(9-18(17)32-2)15-11-23-26-16(10-19(27)25-20(15)26)21(28)24-14-5-3-4-13(8-14)22(29)30/h3-9,11,16H,10H2,1-2H3,(H,24,28)(H,25,27)(H,29,30)/t16-/m1/s1. The number of fused-ring (bicyclic) bond motifs is 1. The molecule has 2 amide bonds. The van der Waals surface area contributed by atoms with E-state index >= 15 is 0 Å². The van der Waals surface area contributed by atoms with Crippen LogP contribution in [0, 0.1) is 0 Å². The molecule has 0 spiro atoms. The van der Waals surface area contributed by atoms with Gasteiger partial charge < -0.3 is 25.2 Å². The van der Waals surface area contributed by atoms with E-state index in [2.05, 4.69) is 15.7 Å².